The van der Waals surface area contributed by atoms with E-state index in [1.54, 1.807) is 31.2 Å². The molecule has 1 N–H and O–H groups in total. The summed E-state index contributed by atoms with van der Waals surface area (Å²) >= 11 is 0.917. The summed E-state index contributed by atoms with van der Waals surface area (Å²) in [5.41, 5.74) is 0.861. The quantitative estimate of drug-likeness (QED) is 0.102. The zero-order valence-electron chi connectivity index (χ0n) is 22.8. The molecule has 0 saturated carbocycles. The molecule has 1 fully saturated rings. The van der Waals surface area contributed by atoms with Crippen LogP contribution in [0.25, 0.3) is 5.76 Å². The van der Waals surface area contributed by atoms with E-state index in [0.29, 0.717) is 29.2 Å². The highest BCUT2D eigenvalue weighted by Gasteiger charge is 2.48. The Morgan fingerprint density at radius 2 is 1.80 bits per heavy atom. The Balaban J connectivity index is 1.77. The summed E-state index contributed by atoms with van der Waals surface area (Å²) in [6.07, 6.45) is 1.89. The van der Waals surface area contributed by atoms with Gasteiger partial charge in [0.15, 0.2) is 5.13 Å². The molecule has 2 aromatic carbocycles. The summed E-state index contributed by atoms with van der Waals surface area (Å²) in [6.45, 7) is 8.26. The molecule has 1 aliphatic heterocycles. The predicted molar refractivity (Wildman–Crippen MR) is 150 cm³/mol. The Labute approximate surface area is 236 Å². The van der Waals surface area contributed by atoms with E-state index in [0.717, 1.165) is 29.1 Å². The molecule has 0 aliphatic carbocycles. The minimum atomic E-state index is -1.11. The zero-order chi connectivity index (χ0) is 29.0. The van der Waals surface area contributed by atoms with Crippen LogP contribution in [0.2, 0.25) is 0 Å². The molecule has 1 amide bonds. The van der Waals surface area contributed by atoms with E-state index in [-0.39, 0.29) is 33.9 Å². The van der Waals surface area contributed by atoms with Gasteiger partial charge in [-0.15, -0.1) is 0 Å². The predicted octanol–water partition coefficient (Wildman–Crippen LogP) is 6.21. The number of benzene rings is 2. The topological polar surface area (TPSA) is 106 Å². The highest BCUT2D eigenvalue weighted by atomic mass is 32.1. The number of esters is 1. The largest absolute Gasteiger partial charge is 0.507 e. The highest BCUT2D eigenvalue weighted by Crippen LogP contribution is 2.44. The van der Waals surface area contributed by atoms with Gasteiger partial charge in [-0.1, -0.05) is 50.7 Å². The number of thiazole rings is 1. The number of nitrogens with zero attached hydrogens (tertiary/aromatic N) is 2. The zero-order valence-corrected chi connectivity index (χ0v) is 23.6. The van der Waals surface area contributed by atoms with Crippen LogP contribution in [0.1, 0.15) is 66.1 Å². The Morgan fingerprint density at radius 3 is 2.42 bits per heavy atom. The third-order valence-electron chi connectivity index (χ3n) is 6.25. The smallest absolute Gasteiger partial charge is 0.350 e. The van der Waals surface area contributed by atoms with Crippen molar-refractivity contribution in [3.63, 3.8) is 0 Å². The maximum Gasteiger partial charge on any atom is 0.350 e. The molecule has 10 heteroatoms. The van der Waals surface area contributed by atoms with Gasteiger partial charge < -0.3 is 14.6 Å². The minimum Gasteiger partial charge on any atom is -0.507 e. The second-order valence-corrected chi connectivity index (χ2v) is 10.8. The van der Waals surface area contributed by atoms with E-state index in [1.165, 1.54) is 24.3 Å². The van der Waals surface area contributed by atoms with Gasteiger partial charge in [0.25, 0.3) is 5.78 Å². The first-order chi connectivity index (χ1) is 19.1. The van der Waals surface area contributed by atoms with E-state index >= 15 is 0 Å². The lowest BCUT2D eigenvalue weighted by Gasteiger charge is -2.23. The number of aliphatic hydroxyl groups is 1. The average molecular weight is 567 g/mol. The van der Waals surface area contributed by atoms with E-state index < -0.39 is 29.5 Å². The van der Waals surface area contributed by atoms with Gasteiger partial charge in [0.1, 0.15) is 22.2 Å². The first kappa shape index (κ1) is 28.9. The van der Waals surface area contributed by atoms with Gasteiger partial charge in [-0.3, -0.25) is 14.5 Å². The third-order valence-corrected chi connectivity index (χ3v) is 7.39. The monoisotopic (exact) mass is 566 g/mol. The molecule has 40 heavy (non-hydrogen) atoms. The number of aliphatic hydroxyl groups excluding tert-OH is 1. The summed E-state index contributed by atoms with van der Waals surface area (Å²) in [6, 6.07) is 10.7. The number of carbonyl (C=O) groups is 3. The lowest BCUT2D eigenvalue weighted by Crippen LogP contribution is -2.29. The number of hydrogen-bond acceptors (Lipinski definition) is 8. The lowest BCUT2D eigenvalue weighted by molar-refractivity contribution is -0.132. The van der Waals surface area contributed by atoms with E-state index in [2.05, 4.69) is 11.9 Å². The van der Waals surface area contributed by atoms with Crippen LogP contribution in [0.4, 0.5) is 9.52 Å². The van der Waals surface area contributed by atoms with Gasteiger partial charge in [-0.2, -0.15) is 0 Å². The molecule has 3 aromatic rings. The number of hydrogen-bond donors (Lipinski definition) is 1. The third kappa shape index (κ3) is 6.07. The Morgan fingerprint density at radius 1 is 1.12 bits per heavy atom. The van der Waals surface area contributed by atoms with Crippen molar-refractivity contribution in [2.24, 2.45) is 5.92 Å². The number of Topliss-reactive ketones (excluding diaryl/α,β-unsaturated/α-hetero) is 1. The minimum absolute atomic E-state index is 0.0872. The van der Waals surface area contributed by atoms with Crippen molar-refractivity contribution >= 4 is 39.9 Å². The Kier molecular flexibility index (Phi) is 8.99. The van der Waals surface area contributed by atoms with Crippen molar-refractivity contribution in [1.82, 2.24) is 4.98 Å². The van der Waals surface area contributed by atoms with Crippen LogP contribution in [0.3, 0.4) is 0 Å². The van der Waals surface area contributed by atoms with Crippen LogP contribution >= 0.6 is 11.3 Å². The summed E-state index contributed by atoms with van der Waals surface area (Å²) in [7, 11) is 0. The number of ketones is 1. The highest BCUT2D eigenvalue weighted by molar-refractivity contribution is 7.17. The van der Waals surface area contributed by atoms with Gasteiger partial charge in [0.2, 0.25) is 0 Å². The number of rotatable bonds is 10. The molecule has 1 saturated heterocycles. The molecule has 0 unspecified atom stereocenters. The van der Waals surface area contributed by atoms with Gasteiger partial charge >= 0.3 is 11.9 Å². The first-order valence-electron chi connectivity index (χ1n) is 13.1. The van der Waals surface area contributed by atoms with E-state index in [4.69, 9.17) is 9.47 Å². The fraction of sp³-hybridized carbons (Fsp3) is 0.333. The van der Waals surface area contributed by atoms with Crippen LogP contribution in [-0.4, -0.2) is 41.0 Å². The number of ether oxygens (including phenoxy) is 2. The van der Waals surface area contributed by atoms with Crippen molar-refractivity contribution < 1.29 is 33.4 Å². The lowest BCUT2D eigenvalue weighted by atomic mass is 9.95. The van der Waals surface area contributed by atoms with Gasteiger partial charge in [0.05, 0.1) is 30.5 Å². The molecule has 1 aromatic heterocycles. The molecule has 2 heterocycles. The van der Waals surface area contributed by atoms with Crippen LogP contribution < -0.4 is 9.64 Å². The van der Waals surface area contributed by atoms with E-state index in [1.807, 2.05) is 13.8 Å². The second kappa shape index (κ2) is 12.4. The van der Waals surface area contributed by atoms with Crippen molar-refractivity contribution in [2.75, 3.05) is 18.1 Å². The molecule has 1 atom stereocenters. The molecule has 0 spiro atoms. The van der Waals surface area contributed by atoms with Gasteiger partial charge in [-0.25, -0.2) is 14.2 Å². The molecule has 210 valence electrons. The van der Waals surface area contributed by atoms with E-state index in [9.17, 15) is 23.9 Å². The van der Waals surface area contributed by atoms with Crippen LogP contribution in [0.5, 0.6) is 5.75 Å². The molecule has 1 aliphatic rings. The molecular formula is C30H31FN2O6S. The number of carbonyl (C=O) groups excluding carboxylic acids is 3. The van der Waals surface area contributed by atoms with Crippen LogP contribution in [0.15, 0.2) is 54.1 Å². The fourth-order valence-electron chi connectivity index (χ4n) is 4.17. The van der Waals surface area contributed by atoms with Crippen molar-refractivity contribution in [3.05, 3.63) is 81.6 Å². The maximum atomic E-state index is 13.8. The first-order valence-corrected chi connectivity index (χ1v) is 13.9. The Bertz CT molecular complexity index is 1430. The summed E-state index contributed by atoms with van der Waals surface area (Å²) < 4.78 is 24.8. The average Bonchev–Trinajstić information content (AvgIpc) is 3.44. The molecule has 4 rings (SSSR count). The number of unbranched alkanes of at least 4 members (excludes halogenated alkanes) is 1. The molecule has 8 nitrogen and oxygen atoms in total. The molecule has 0 bridgehead atoms. The standard InChI is InChI=1S/C30H31FN2O6S/c1-5-6-15-38-22-13-9-20(10-14-22)25(34)23-24(19-7-11-21(31)12-8-19)33(28(36)26(23)35)30-32-18(4)27(40-30)29(37)39-16-17(2)3/h7-14,17,24,34H,5-6,15-16H2,1-4H3/t24-/m0/s1. The van der Waals surface area contributed by atoms with Crippen molar-refractivity contribution in [1.29, 1.82) is 0 Å². The fourth-order valence-corrected chi connectivity index (χ4v) is 5.16. The number of anilines is 1. The normalized spacial score (nSPS) is 16.6. The van der Waals surface area contributed by atoms with Gasteiger partial charge in [0, 0.05) is 5.56 Å². The van der Waals surface area contributed by atoms with Crippen molar-refractivity contribution in [2.45, 2.75) is 46.6 Å². The number of halogens is 1. The summed E-state index contributed by atoms with van der Waals surface area (Å²) in [4.78, 5) is 45.2. The Hall–Kier alpha value is -4.05. The summed E-state index contributed by atoms with van der Waals surface area (Å²) in [5.74, 6) is -2.58. The number of amides is 1. The second-order valence-electron chi connectivity index (χ2n) is 9.85. The SMILES string of the molecule is CCCCOc1ccc(C(O)=C2C(=O)C(=O)N(c3nc(C)c(C(=O)OCC(C)C)s3)[C@H]2c2ccc(F)cc2)cc1. The number of aryl methyl sites for hydroxylation is 1. The van der Waals surface area contributed by atoms with Crippen LogP contribution in [0, 0.1) is 18.7 Å². The molecule has 0 radical (unpaired) electrons. The maximum absolute atomic E-state index is 13.8. The number of aromatic nitrogens is 1. The molecular weight excluding hydrogens is 535 g/mol. The van der Waals surface area contributed by atoms with Crippen LogP contribution in [-0.2, 0) is 14.3 Å². The summed E-state index contributed by atoms with van der Waals surface area (Å²) in [5, 5.41) is 11.4. The van der Waals surface area contributed by atoms with Crippen molar-refractivity contribution in [3.8, 4) is 5.75 Å². The van der Waals surface area contributed by atoms with Gasteiger partial charge in [-0.05, 0) is 61.2 Å².